The standard InChI is InChI=1S/C10H11BrN4/c11-8-2-1-3-9-13-14-10(15(8)9)7-4-5-12-6-7/h1-3,7,12H,4-6H2. The normalized spacial score (nSPS) is 21.3. The average molecular weight is 267 g/mol. The van der Waals surface area contributed by atoms with Gasteiger partial charge in [0.2, 0.25) is 0 Å². The molecule has 2 aromatic heterocycles. The van der Waals surface area contributed by atoms with E-state index >= 15 is 0 Å². The lowest BCUT2D eigenvalue weighted by atomic mass is 10.1. The molecule has 0 bridgehead atoms. The predicted molar refractivity (Wildman–Crippen MR) is 60.9 cm³/mol. The van der Waals surface area contributed by atoms with Crippen molar-refractivity contribution >= 4 is 21.6 Å². The van der Waals surface area contributed by atoms with Crippen molar-refractivity contribution in [1.82, 2.24) is 19.9 Å². The Morgan fingerprint density at radius 2 is 2.33 bits per heavy atom. The van der Waals surface area contributed by atoms with Gasteiger partial charge in [-0.3, -0.25) is 4.40 Å². The van der Waals surface area contributed by atoms with Crippen LogP contribution >= 0.6 is 15.9 Å². The Hall–Kier alpha value is -0.940. The van der Waals surface area contributed by atoms with Crippen molar-refractivity contribution in [1.29, 1.82) is 0 Å². The Morgan fingerprint density at radius 1 is 1.40 bits per heavy atom. The number of pyridine rings is 1. The third-order valence-electron chi connectivity index (χ3n) is 2.83. The molecule has 0 saturated carbocycles. The quantitative estimate of drug-likeness (QED) is 0.797. The van der Waals surface area contributed by atoms with Gasteiger partial charge in [-0.25, -0.2) is 0 Å². The largest absolute Gasteiger partial charge is 0.316 e. The molecule has 0 amide bonds. The Balaban J connectivity index is 2.18. The van der Waals surface area contributed by atoms with Gasteiger partial charge in [-0.2, -0.15) is 0 Å². The number of rotatable bonds is 1. The Kier molecular flexibility index (Phi) is 2.21. The number of aromatic nitrogens is 3. The fourth-order valence-electron chi connectivity index (χ4n) is 2.06. The van der Waals surface area contributed by atoms with E-state index in [0.29, 0.717) is 5.92 Å². The molecule has 4 nitrogen and oxygen atoms in total. The van der Waals surface area contributed by atoms with E-state index in [0.717, 1.165) is 35.6 Å². The number of hydrogen-bond donors (Lipinski definition) is 1. The molecule has 2 aromatic rings. The zero-order valence-electron chi connectivity index (χ0n) is 8.15. The van der Waals surface area contributed by atoms with E-state index in [2.05, 4.69) is 35.8 Å². The van der Waals surface area contributed by atoms with Gasteiger partial charge >= 0.3 is 0 Å². The first kappa shape index (κ1) is 9.30. The molecule has 0 aliphatic carbocycles. The second-order valence-electron chi connectivity index (χ2n) is 3.79. The third kappa shape index (κ3) is 1.46. The van der Waals surface area contributed by atoms with Crippen molar-refractivity contribution in [3.63, 3.8) is 0 Å². The van der Waals surface area contributed by atoms with Crippen LogP contribution in [0.25, 0.3) is 5.65 Å². The predicted octanol–water partition coefficient (Wildman–Crippen LogP) is 1.57. The van der Waals surface area contributed by atoms with Crippen LogP contribution < -0.4 is 5.32 Å². The van der Waals surface area contributed by atoms with Crippen LogP contribution in [0.15, 0.2) is 22.8 Å². The summed E-state index contributed by atoms with van der Waals surface area (Å²) in [4.78, 5) is 0. The van der Waals surface area contributed by atoms with Crippen molar-refractivity contribution in [2.24, 2.45) is 0 Å². The van der Waals surface area contributed by atoms with Crippen molar-refractivity contribution in [2.75, 3.05) is 13.1 Å². The topological polar surface area (TPSA) is 42.2 Å². The number of hydrogen-bond acceptors (Lipinski definition) is 3. The summed E-state index contributed by atoms with van der Waals surface area (Å²) in [5.74, 6) is 1.54. The maximum atomic E-state index is 4.28. The highest BCUT2D eigenvalue weighted by molar-refractivity contribution is 9.10. The van der Waals surface area contributed by atoms with Gasteiger partial charge in [-0.05, 0) is 41.0 Å². The van der Waals surface area contributed by atoms with E-state index < -0.39 is 0 Å². The molecular weight excluding hydrogens is 256 g/mol. The van der Waals surface area contributed by atoms with Gasteiger partial charge in [-0.1, -0.05) is 6.07 Å². The molecule has 1 unspecified atom stereocenters. The van der Waals surface area contributed by atoms with E-state index in [-0.39, 0.29) is 0 Å². The minimum Gasteiger partial charge on any atom is -0.316 e. The molecule has 1 saturated heterocycles. The van der Waals surface area contributed by atoms with Crippen LogP contribution in [0, 0.1) is 0 Å². The first-order valence-corrected chi connectivity index (χ1v) is 5.86. The lowest BCUT2D eigenvalue weighted by molar-refractivity contribution is 0.688. The van der Waals surface area contributed by atoms with E-state index in [9.17, 15) is 0 Å². The van der Waals surface area contributed by atoms with Crippen LogP contribution in [-0.2, 0) is 0 Å². The molecule has 15 heavy (non-hydrogen) atoms. The summed E-state index contributed by atoms with van der Waals surface area (Å²) in [6, 6.07) is 5.97. The SMILES string of the molecule is Brc1cccc2nnc(C3CCNC3)n12. The van der Waals surface area contributed by atoms with Gasteiger partial charge in [-0.15, -0.1) is 10.2 Å². The minimum absolute atomic E-state index is 0.485. The maximum Gasteiger partial charge on any atom is 0.161 e. The molecule has 1 aliphatic heterocycles. The fraction of sp³-hybridized carbons (Fsp3) is 0.400. The second-order valence-corrected chi connectivity index (χ2v) is 4.60. The molecule has 1 atom stereocenters. The maximum absolute atomic E-state index is 4.28. The van der Waals surface area contributed by atoms with Gasteiger partial charge in [0.25, 0.3) is 0 Å². The van der Waals surface area contributed by atoms with Gasteiger partial charge in [0.1, 0.15) is 5.82 Å². The zero-order chi connectivity index (χ0) is 10.3. The Bertz CT molecular complexity index is 487. The fourth-order valence-corrected chi connectivity index (χ4v) is 2.58. The summed E-state index contributed by atoms with van der Waals surface area (Å²) >= 11 is 3.54. The van der Waals surface area contributed by atoms with Crippen LogP contribution in [0.2, 0.25) is 0 Å². The first-order chi connectivity index (χ1) is 7.36. The molecule has 5 heteroatoms. The van der Waals surface area contributed by atoms with Crippen LogP contribution in [0.3, 0.4) is 0 Å². The van der Waals surface area contributed by atoms with Crippen molar-refractivity contribution in [2.45, 2.75) is 12.3 Å². The lowest BCUT2D eigenvalue weighted by Crippen LogP contribution is -2.10. The summed E-state index contributed by atoms with van der Waals surface area (Å²) in [5, 5.41) is 11.8. The lowest BCUT2D eigenvalue weighted by Gasteiger charge is -2.06. The van der Waals surface area contributed by atoms with Crippen molar-refractivity contribution in [3.05, 3.63) is 28.6 Å². The van der Waals surface area contributed by atoms with Crippen LogP contribution in [0.4, 0.5) is 0 Å². The summed E-state index contributed by atoms with van der Waals surface area (Å²) < 4.78 is 3.10. The molecule has 0 aromatic carbocycles. The van der Waals surface area contributed by atoms with E-state index in [1.165, 1.54) is 0 Å². The van der Waals surface area contributed by atoms with Gasteiger partial charge in [0.15, 0.2) is 5.65 Å². The van der Waals surface area contributed by atoms with Crippen LogP contribution in [0.1, 0.15) is 18.2 Å². The summed E-state index contributed by atoms with van der Waals surface area (Å²) in [7, 11) is 0. The summed E-state index contributed by atoms with van der Waals surface area (Å²) in [5.41, 5.74) is 0.909. The number of halogens is 1. The van der Waals surface area contributed by atoms with E-state index in [1.54, 1.807) is 0 Å². The Morgan fingerprint density at radius 3 is 3.13 bits per heavy atom. The highest BCUT2D eigenvalue weighted by Crippen LogP contribution is 2.24. The molecule has 1 aliphatic rings. The zero-order valence-corrected chi connectivity index (χ0v) is 9.74. The van der Waals surface area contributed by atoms with Crippen molar-refractivity contribution in [3.8, 4) is 0 Å². The van der Waals surface area contributed by atoms with E-state index in [1.807, 2.05) is 18.2 Å². The van der Waals surface area contributed by atoms with Crippen molar-refractivity contribution < 1.29 is 0 Å². The number of fused-ring (bicyclic) bond motifs is 1. The molecule has 1 N–H and O–H groups in total. The first-order valence-electron chi connectivity index (χ1n) is 5.06. The molecule has 0 spiro atoms. The average Bonchev–Trinajstić information content (AvgIpc) is 2.85. The van der Waals surface area contributed by atoms with Gasteiger partial charge in [0.05, 0.1) is 4.60 Å². The molecule has 3 heterocycles. The number of nitrogens with one attached hydrogen (secondary N) is 1. The highest BCUT2D eigenvalue weighted by atomic mass is 79.9. The number of nitrogens with zero attached hydrogens (tertiary/aromatic N) is 3. The third-order valence-corrected chi connectivity index (χ3v) is 3.45. The molecule has 1 fully saturated rings. The smallest absolute Gasteiger partial charge is 0.161 e. The second kappa shape index (κ2) is 3.57. The summed E-state index contributed by atoms with van der Waals surface area (Å²) in [6.07, 6.45) is 1.14. The molecule has 3 rings (SSSR count). The monoisotopic (exact) mass is 266 g/mol. The molecular formula is C10H11BrN4. The minimum atomic E-state index is 0.485. The summed E-state index contributed by atoms with van der Waals surface area (Å²) in [6.45, 7) is 2.08. The van der Waals surface area contributed by atoms with Crippen LogP contribution in [-0.4, -0.2) is 27.7 Å². The van der Waals surface area contributed by atoms with E-state index in [4.69, 9.17) is 0 Å². The molecule has 0 radical (unpaired) electrons. The van der Waals surface area contributed by atoms with Crippen LogP contribution in [0.5, 0.6) is 0 Å². The molecule has 78 valence electrons. The highest BCUT2D eigenvalue weighted by Gasteiger charge is 2.22. The van der Waals surface area contributed by atoms with Gasteiger partial charge in [0, 0.05) is 12.5 Å². The Labute approximate surface area is 95.8 Å². The van der Waals surface area contributed by atoms with Gasteiger partial charge < -0.3 is 5.32 Å².